The van der Waals surface area contributed by atoms with Gasteiger partial charge in [0.15, 0.2) is 0 Å². The number of rotatable bonds is 7. The lowest BCUT2D eigenvalue weighted by atomic mass is 9.84. The number of nitrogens with one attached hydrogen (secondary N) is 1. The summed E-state index contributed by atoms with van der Waals surface area (Å²) in [6.45, 7) is 0. The van der Waals surface area contributed by atoms with Gasteiger partial charge in [-0.15, -0.1) is 0 Å². The van der Waals surface area contributed by atoms with Crippen molar-refractivity contribution in [3.8, 4) is 55.6 Å². The predicted octanol–water partition coefficient (Wildman–Crippen LogP) is 12.9. The molecule has 0 atom stereocenters. The van der Waals surface area contributed by atoms with Crippen LogP contribution in [0.3, 0.4) is 0 Å². The van der Waals surface area contributed by atoms with Crippen LogP contribution in [0.2, 0.25) is 0 Å². The Labute approximate surface area is 276 Å². The molecule has 0 aliphatic heterocycles. The molecule has 8 rings (SSSR count). The molecule has 0 heterocycles. The summed E-state index contributed by atoms with van der Waals surface area (Å²) in [5.74, 6) is 0. The molecule has 0 radical (unpaired) electrons. The van der Waals surface area contributed by atoms with Gasteiger partial charge >= 0.3 is 0 Å². The maximum atomic E-state index is 3.61. The quantitative estimate of drug-likeness (QED) is 0.192. The second-order valence-corrected chi connectivity index (χ2v) is 11.9. The van der Waals surface area contributed by atoms with Gasteiger partial charge in [-0.2, -0.15) is 0 Å². The highest BCUT2D eigenvalue weighted by atomic mass is 14.9. The molecule has 0 fully saturated rings. The zero-order chi connectivity index (χ0) is 31.4. The molecule has 8 aromatic rings. The fraction of sp³-hybridized carbons (Fsp3) is 0. The minimum Gasteiger partial charge on any atom is -0.356 e. The van der Waals surface area contributed by atoms with Crippen LogP contribution < -0.4 is 5.32 Å². The lowest BCUT2D eigenvalue weighted by Gasteiger charge is -2.19. The number of anilines is 2. The molecule has 0 amide bonds. The first-order chi connectivity index (χ1) is 23.3. The molecule has 1 nitrogen and oxygen atoms in total. The van der Waals surface area contributed by atoms with E-state index in [1.54, 1.807) is 0 Å². The minimum absolute atomic E-state index is 1.05. The fourth-order valence-electron chi connectivity index (χ4n) is 6.44. The van der Waals surface area contributed by atoms with Gasteiger partial charge < -0.3 is 5.32 Å². The second kappa shape index (κ2) is 12.7. The summed E-state index contributed by atoms with van der Waals surface area (Å²) in [6, 6.07) is 69.5. The van der Waals surface area contributed by atoms with Crippen LogP contribution in [0.5, 0.6) is 0 Å². The highest BCUT2D eigenvalue weighted by molar-refractivity contribution is 5.98. The van der Waals surface area contributed by atoms with Crippen LogP contribution in [-0.2, 0) is 0 Å². The molecule has 0 aliphatic rings. The van der Waals surface area contributed by atoms with E-state index >= 15 is 0 Å². The number of hydrogen-bond donors (Lipinski definition) is 1. The Morgan fingerprint density at radius 2 is 0.681 bits per heavy atom. The van der Waals surface area contributed by atoms with Crippen molar-refractivity contribution in [3.05, 3.63) is 194 Å². The predicted molar refractivity (Wildman–Crippen MR) is 201 cm³/mol. The summed E-state index contributed by atoms with van der Waals surface area (Å²) in [7, 11) is 0. The van der Waals surface area contributed by atoms with Gasteiger partial charge in [0.2, 0.25) is 0 Å². The second-order valence-electron chi connectivity index (χ2n) is 11.9. The Balaban J connectivity index is 1.15. The van der Waals surface area contributed by atoms with Gasteiger partial charge in [-0.25, -0.2) is 0 Å². The van der Waals surface area contributed by atoms with Crippen molar-refractivity contribution in [1.29, 1.82) is 0 Å². The van der Waals surface area contributed by atoms with Crippen molar-refractivity contribution in [2.45, 2.75) is 0 Å². The third-order valence-corrected chi connectivity index (χ3v) is 8.85. The maximum Gasteiger partial charge on any atom is 0.0384 e. The van der Waals surface area contributed by atoms with Crippen molar-refractivity contribution < 1.29 is 0 Å². The first-order valence-corrected chi connectivity index (χ1v) is 16.1. The van der Waals surface area contributed by atoms with Crippen LogP contribution in [-0.4, -0.2) is 0 Å². The zero-order valence-corrected chi connectivity index (χ0v) is 26.0. The van der Waals surface area contributed by atoms with Crippen LogP contribution in [0.15, 0.2) is 194 Å². The van der Waals surface area contributed by atoms with E-state index in [0.717, 1.165) is 11.4 Å². The van der Waals surface area contributed by atoms with Gasteiger partial charge in [-0.1, -0.05) is 152 Å². The number of benzene rings is 8. The van der Waals surface area contributed by atoms with Crippen molar-refractivity contribution in [3.63, 3.8) is 0 Å². The van der Waals surface area contributed by atoms with Crippen LogP contribution in [0.25, 0.3) is 66.4 Å². The largest absolute Gasteiger partial charge is 0.356 e. The van der Waals surface area contributed by atoms with Gasteiger partial charge in [0.25, 0.3) is 0 Å². The Hall–Kier alpha value is -6.18. The molecule has 0 bridgehead atoms. The van der Waals surface area contributed by atoms with Crippen molar-refractivity contribution in [2.24, 2.45) is 0 Å². The van der Waals surface area contributed by atoms with Gasteiger partial charge in [-0.3, -0.25) is 0 Å². The summed E-state index contributed by atoms with van der Waals surface area (Å²) >= 11 is 0. The Morgan fingerprint density at radius 3 is 1.23 bits per heavy atom. The molecule has 0 unspecified atom stereocenters. The number of fused-ring (bicyclic) bond motifs is 1. The lowest BCUT2D eigenvalue weighted by molar-refractivity contribution is 1.52. The van der Waals surface area contributed by atoms with Crippen molar-refractivity contribution in [2.75, 3.05) is 5.32 Å². The van der Waals surface area contributed by atoms with Crippen LogP contribution in [0.4, 0.5) is 11.4 Å². The maximum absolute atomic E-state index is 3.61. The zero-order valence-electron chi connectivity index (χ0n) is 26.0. The Kier molecular flexibility index (Phi) is 7.63. The van der Waals surface area contributed by atoms with E-state index in [2.05, 4.69) is 199 Å². The average molecular weight is 600 g/mol. The Morgan fingerprint density at radius 1 is 0.255 bits per heavy atom. The molecule has 47 heavy (non-hydrogen) atoms. The first-order valence-electron chi connectivity index (χ1n) is 16.1. The molecule has 8 aromatic carbocycles. The van der Waals surface area contributed by atoms with Gasteiger partial charge in [0, 0.05) is 11.4 Å². The molecule has 222 valence electrons. The van der Waals surface area contributed by atoms with E-state index in [4.69, 9.17) is 0 Å². The van der Waals surface area contributed by atoms with Gasteiger partial charge in [0.1, 0.15) is 0 Å². The molecule has 1 heteroatoms. The molecule has 0 aromatic heterocycles. The van der Waals surface area contributed by atoms with E-state index in [-0.39, 0.29) is 0 Å². The van der Waals surface area contributed by atoms with Crippen LogP contribution in [0, 0.1) is 0 Å². The van der Waals surface area contributed by atoms with E-state index < -0.39 is 0 Å². The summed E-state index contributed by atoms with van der Waals surface area (Å²) in [5.41, 5.74) is 14.2. The summed E-state index contributed by atoms with van der Waals surface area (Å²) in [6.07, 6.45) is 0. The summed E-state index contributed by atoms with van der Waals surface area (Å²) < 4.78 is 0. The molecular weight excluding hydrogens is 567 g/mol. The summed E-state index contributed by atoms with van der Waals surface area (Å²) in [5, 5.41) is 6.13. The SMILES string of the molecule is c1ccc(-c2cc(-c3ccccc3)c(-c3ccc(Nc4ccc(-c5ccc6ccccc6c5)cc4)cc3)c(-c3ccccc3)c2)cc1. The molecular formula is C46H33N. The summed E-state index contributed by atoms with van der Waals surface area (Å²) in [4.78, 5) is 0. The highest BCUT2D eigenvalue weighted by Crippen LogP contribution is 2.43. The average Bonchev–Trinajstić information content (AvgIpc) is 3.16. The monoisotopic (exact) mass is 599 g/mol. The molecule has 1 N–H and O–H groups in total. The molecule has 0 saturated heterocycles. The van der Waals surface area contributed by atoms with Crippen LogP contribution >= 0.6 is 0 Å². The minimum atomic E-state index is 1.05. The first kappa shape index (κ1) is 28.3. The van der Waals surface area contributed by atoms with E-state index in [1.807, 2.05) is 0 Å². The van der Waals surface area contributed by atoms with Crippen molar-refractivity contribution in [1.82, 2.24) is 0 Å². The molecule has 0 aliphatic carbocycles. The van der Waals surface area contributed by atoms with E-state index in [0.29, 0.717) is 0 Å². The lowest BCUT2D eigenvalue weighted by Crippen LogP contribution is -1.94. The topological polar surface area (TPSA) is 12.0 Å². The van der Waals surface area contributed by atoms with Gasteiger partial charge in [-0.05, 0) is 109 Å². The molecule has 0 saturated carbocycles. The Bertz CT molecular complexity index is 2210. The van der Waals surface area contributed by atoms with E-state index in [1.165, 1.54) is 66.4 Å². The highest BCUT2D eigenvalue weighted by Gasteiger charge is 2.17. The van der Waals surface area contributed by atoms with Gasteiger partial charge in [0.05, 0.1) is 0 Å². The number of hydrogen-bond acceptors (Lipinski definition) is 1. The fourth-order valence-corrected chi connectivity index (χ4v) is 6.44. The normalized spacial score (nSPS) is 11.0. The molecule has 0 spiro atoms. The smallest absolute Gasteiger partial charge is 0.0384 e. The van der Waals surface area contributed by atoms with E-state index in [9.17, 15) is 0 Å². The third kappa shape index (κ3) is 5.95. The third-order valence-electron chi connectivity index (χ3n) is 8.85. The van der Waals surface area contributed by atoms with Crippen LogP contribution in [0.1, 0.15) is 0 Å². The standard InChI is InChI=1S/C46H33N/c1-4-12-33(13-5-1)41-31-44(36-15-6-2-7-16-36)46(45(32-41)37-17-8-3-9-18-37)38-24-28-43(29-25-38)47-42-26-22-35(23-27-42)40-21-20-34-14-10-11-19-39(34)30-40/h1-32,47H. The van der Waals surface area contributed by atoms with Crippen molar-refractivity contribution >= 4 is 22.1 Å².